The quantitative estimate of drug-likeness (QED) is 0.518. The largest absolute Gasteiger partial charge is 0.393 e. The highest BCUT2D eigenvalue weighted by molar-refractivity contribution is 7.51. The molecule has 0 unspecified atom stereocenters. The summed E-state index contributed by atoms with van der Waals surface area (Å²) in [6.45, 7) is -0.160. The number of rotatable bonds is 4. The molecule has 1 aliphatic carbocycles. The minimum Gasteiger partial charge on any atom is -0.393 e. The van der Waals surface area contributed by atoms with Gasteiger partial charge in [0.05, 0.1) is 12.2 Å². The van der Waals surface area contributed by atoms with Crippen LogP contribution in [0.1, 0.15) is 12.8 Å². The Hall–Kier alpha value is 0.0700. The maximum atomic E-state index is 10.3. The minimum atomic E-state index is -4.07. The predicted octanol–water partition coefficient (Wildman–Crippen LogP) is -0.337. The third-order valence-corrected chi connectivity index (χ3v) is 2.10. The highest BCUT2D eigenvalue weighted by Crippen LogP contribution is 2.44. The molecule has 3 N–H and O–H groups in total. The Kier molecular flexibility index (Phi) is 2.37. The van der Waals surface area contributed by atoms with E-state index < -0.39 is 19.5 Å². The van der Waals surface area contributed by atoms with Gasteiger partial charge in [0.25, 0.3) is 0 Å². The average molecular weight is 182 g/mol. The van der Waals surface area contributed by atoms with Crippen LogP contribution in [0.15, 0.2) is 0 Å². The summed E-state index contributed by atoms with van der Waals surface area (Å²) < 4.78 is 15.2. The van der Waals surface area contributed by atoms with Gasteiger partial charge in [-0.1, -0.05) is 0 Å². The van der Waals surface area contributed by atoms with Gasteiger partial charge in [0.15, 0.2) is 0 Å². The summed E-state index contributed by atoms with van der Waals surface area (Å²) in [7, 11) is -4.07. The lowest BCUT2D eigenvalue weighted by molar-refractivity contribution is 0.0101. The Morgan fingerprint density at radius 1 is 1.45 bits per heavy atom. The van der Waals surface area contributed by atoms with Gasteiger partial charge in [-0.3, -0.25) is 4.57 Å². The van der Waals surface area contributed by atoms with E-state index in [2.05, 4.69) is 0 Å². The fourth-order valence-corrected chi connectivity index (χ4v) is 1.15. The maximum absolute atomic E-state index is 10.3. The van der Waals surface area contributed by atoms with Crippen LogP contribution in [0, 0.1) is 0 Å². The van der Waals surface area contributed by atoms with E-state index in [9.17, 15) is 4.57 Å². The molecule has 1 fully saturated rings. The van der Waals surface area contributed by atoms with Crippen LogP contribution in [0.25, 0.3) is 0 Å². The first-order valence-electron chi connectivity index (χ1n) is 3.27. The van der Waals surface area contributed by atoms with Gasteiger partial charge in [-0.2, -0.15) is 0 Å². The monoisotopic (exact) mass is 182 g/mol. The summed E-state index contributed by atoms with van der Waals surface area (Å²) >= 11 is 0. The number of aliphatic hydroxyl groups excluding tert-OH is 1. The van der Waals surface area contributed by atoms with E-state index in [0.29, 0.717) is 12.8 Å². The molecule has 66 valence electrons. The van der Waals surface area contributed by atoms with Crippen LogP contribution >= 0.6 is 7.60 Å². The molecule has 0 aromatic heterocycles. The van der Waals surface area contributed by atoms with Crippen LogP contribution in [0.4, 0.5) is 0 Å². The summed E-state index contributed by atoms with van der Waals surface area (Å²) in [6, 6.07) is 0. The van der Waals surface area contributed by atoms with Crippen LogP contribution in [0.2, 0.25) is 0 Å². The van der Waals surface area contributed by atoms with Crippen molar-refractivity contribution in [3.8, 4) is 0 Å². The number of hydrogen-bond acceptors (Lipinski definition) is 3. The van der Waals surface area contributed by atoms with Gasteiger partial charge in [-0.25, -0.2) is 0 Å². The van der Waals surface area contributed by atoms with Gasteiger partial charge in [-0.05, 0) is 12.8 Å². The predicted molar refractivity (Wildman–Crippen MR) is 37.0 cm³/mol. The van der Waals surface area contributed by atoms with Crippen molar-refractivity contribution in [2.45, 2.75) is 18.4 Å². The molecule has 5 nitrogen and oxygen atoms in total. The smallest absolute Gasteiger partial charge is 0.351 e. The Balaban J connectivity index is 2.28. The van der Waals surface area contributed by atoms with Crippen molar-refractivity contribution in [3.63, 3.8) is 0 Å². The molecule has 0 amide bonds. The molecule has 1 saturated carbocycles. The molecule has 0 aliphatic heterocycles. The van der Waals surface area contributed by atoms with E-state index in [-0.39, 0.29) is 6.61 Å². The van der Waals surface area contributed by atoms with Crippen LogP contribution in [-0.4, -0.2) is 33.4 Å². The minimum absolute atomic E-state index is 0.160. The Morgan fingerprint density at radius 3 is 2.27 bits per heavy atom. The van der Waals surface area contributed by atoms with Gasteiger partial charge in [-0.15, -0.1) is 0 Å². The second-order valence-corrected chi connectivity index (χ2v) is 4.37. The van der Waals surface area contributed by atoms with Crippen molar-refractivity contribution in [1.82, 2.24) is 0 Å². The highest BCUT2D eigenvalue weighted by atomic mass is 31.2. The van der Waals surface area contributed by atoms with Crippen LogP contribution in [0.5, 0.6) is 0 Å². The third-order valence-electron chi connectivity index (χ3n) is 1.63. The SMILES string of the molecule is O=P(O)(O)COC1(CO)CC1. The molecule has 1 aliphatic rings. The Bertz CT molecular complexity index is 181. The molecule has 0 atom stereocenters. The van der Waals surface area contributed by atoms with Crippen LogP contribution in [0.3, 0.4) is 0 Å². The van der Waals surface area contributed by atoms with E-state index in [0.717, 1.165) is 0 Å². The molecule has 1 rings (SSSR count). The van der Waals surface area contributed by atoms with Gasteiger partial charge in [0.1, 0.15) is 6.35 Å². The van der Waals surface area contributed by atoms with Crippen molar-refractivity contribution in [1.29, 1.82) is 0 Å². The van der Waals surface area contributed by atoms with Gasteiger partial charge >= 0.3 is 7.60 Å². The summed E-state index contributed by atoms with van der Waals surface area (Å²) in [4.78, 5) is 16.8. The standard InChI is InChI=1S/C5H11O5P/c6-3-5(1-2-5)10-4-11(7,8)9/h6H,1-4H2,(H2,7,8,9). The molecule has 11 heavy (non-hydrogen) atoms. The molecule has 6 heteroatoms. The van der Waals surface area contributed by atoms with Crippen molar-refractivity contribution in [2.24, 2.45) is 0 Å². The molecule has 0 radical (unpaired) electrons. The average Bonchev–Trinajstić information content (AvgIpc) is 2.63. The van der Waals surface area contributed by atoms with Crippen LogP contribution < -0.4 is 0 Å². The fourth-order valence-electron chi connectivity index (χ4n) is 0.709. The zero-order valence-electron chi connectivity index (χ0n) is 5.93. The highest BCUT2D eigenvalue weighted by Gasteiger charge is 2.44. The second kappa shape index (κ2) is 2.84. The van der Waals surface area contributed by atoms with E-state index in [1.807, 2.05) is 0 Å². The first-order chi connectivity index (χ1) is 4.97. The van der Waals surface area contributed by atoms with Gasteiger partial charge < -0.3 is 19.6 Å². The summed E-state index contributed by atoms with van der Waals surface area (Å²) in [5.41, 5.74) is -0.638. The molecular formula is C5H11O5P. The van der Waals surface area contributed by atoms with E-state index in [4.69, 9.17) is 19.6 Å². The van der Waals surface area contributed by atoms with Gasteiger partial charge in [0, 0.05) is 0 Å². The zero-order chi connectivity index (χ0) is 8.54. The lowest BCUT2D eigenvalue weighted by Crippen LogP contribution is -2.19. The van der Waals surface area contributed by atoms with E-state index in [1.54, 1.807) is 0 Å². The van der Waals surface area contributed by atoms with Crippen LogP contribution in [-0.2, 0) is 9.30 Å². The third kappa shape index (κ3) is 2.89. The molecular weight excluding hydrogens is 171 g/mol. The second-order valence-electron chi connectivity index (χ2n) is 2.78. The number of aliphatic hydroxyl groups is 1. The molecule has 0 aromatic rings. The fraction of sp³-hybridized carbons (Fsp3) is 1.00. The van der Waals surface area contributed by atoms with Crippen molar-refractivity contribution in [3.05, 3.63) is 0 Å². The van der Waals surface area contributed by atoms with Gasteiger partial charge in [0.2, 0.25) is 0 Å². The van der Waals surface area contributed by atoms with Crippen molar-refractivity contribution < 1.29 is 24.2 Å². The van der Waals surface area contributed by atoms with E-state index in [1.165, 1.54) is 0 Å². The number of ether oxygens (including phenoxy) is 1. The summed E-state index contributed by atoms with van der Waals surface area (Å²) in [5, 5.41) is 8.68. The zero-order valence-corrected chi connectivity index (χ0v) is 6.83. The first-order valence-corrected chi connectivity index (χ1v) is 5.07. The topological polar surface area (TPSA) is 87.0 Å². The summed E-state index contributed by atoms with van der Waals surface area (Å²) in [5.74, 6) is 0. The number of hydrogen-bond donors (Lipinski definition) is 3. The Labute approximate surface area is 64.2 Å². The maximum Gasteiger partial charge on any atom is 0.351 e. The van der Waals surface area contributed by atoms with E-state index >= 15 is 0 Å². The molecule has 0 spiro atoms. The lowest BCUT2D eigenvalue weighted by atomic mass is 10.4. The molecule has 0 saturated heterocycles. The molecule has 0 heterocycles. The molecule has 0 bridgehead atoms. The van der Waals surface area contributed by atoms with Crippen molar-refractivity contribution >= 4 is 7.60 Å². The first kappa shape index (κ1) is 9.16. The lowest BCUT2D eigenvalue weighted by Gasteiger charge is -2.13. The Morgan fingerprint density at radius 2 is 2.00 bits per heavy atom. The molecule has 0 aromatic carbocycles. The normalized spacial score (nSPS) is 21.7. The van der Waals surface area contributed by atoms with Crippen molar-refractivity contribution in [2.75, 3.05) is 13.0 Å². The summed E-state index contributed by atoms with van der Waals surface area (Å²) in [6.07, 6.45) is 0.778.